The third-order valence-corrected chi connectivity index (χ3v) is 3.90. The van der Waals surface area contributed by atoms with E-state index >= 15 is 0 Å². The summed E-state index contributed by atoms with van der Waals surface area (Å²) >= 11 is 0. The first kappa shape index (κ1) is 13.9. The van der Waals surface area contributed by atoms with E-state index in [1.807, 2.05) is 6.07 Å². The Labute approximate surface area is 117 Å². The van der Waals surface area contributed by atoms with Gasteiger partial charge in [0.1, 0.15) is 0 Å². The van der Waals surface area contributed by atoms with Gasteiger partial charge >= 0.3 is 0 Å². The predicted molar refractivity (Wildman–Crippen MR) is 83.5 cm³/mol. The van der Waals surface area contributed by atoms with Gasteiger partial charge in [0.05, 0.1) is 0 Å². The van der Waals surface area contributed by atoms with Crippen molar-refractivity contribution in [2.75, 3.05) is 0 Å². The maximum absolute atomic E-state index is 3.22. The van der Waals surface area contributed by atoms with Gasteiger partial charge in [-0.15, -0.1) is 0 Å². The van der Waals surface area contributed by atoms with Crippen molar-refractivity contribution in [1.82, 2.24) is 0 Å². The second-order valence-corrected chi connectivity index (χ2v) is 5.60. The summed E-state index contributed by atoms with van der Waals surface area (Å²) in [6.45, 7) is 9.02. The molecule has 0 N–H and O–H groups in total. The van der Waals surface area contributed by atoms with E-state index in [1.54, 1.807) is 0 Å². The normalized spacial score (nSPS) is 12.7. The summed E-state index contributed by atoms with van der Waals surface area (Å²) in [5, 5.41) is 0. The molecule has 0 aliphatic heterocycles. The molecule has 0 fully saturated rings. The highest BCUT2D eigenvalue weighted by Gasteiger charge is 2.10. The summed E-state index contributed by atoms with van der Waals surface area (Å²) in [7, 11) is 0. The summed E-state index contributed by atoms with van der Waals surface area (Å²) in [6, 6.07) is 18.5. The lowest BCUT2D eigenvalue weighted by molar-refractivity contribution is 0.735. The molecule has 0 aliphatic carbocycles. The van der Waals surface area contributed by atoms with Gasteiger partial charge < -0.3 is 0 Å². The zero-order chi connectivity index (χ0) is 13.8. The van der Waals surface area contributed by atoms with E-state index in [9.17, 15) is 0 Å². The Morgan fingerprint density at radius 1 is 1.11 bits per heavy atom. The van der Waals surface area contributed by atoms with Crippen LogP contribution in [-0.4, -0.2) is 0 Å². The van der Waals surface area contributed by atoms with Crippen molar-refractivity contribution in [2.45, 2.75) is 46.0 Å². The molecule has 1 unspecified atom stereocenters. The first-order chi connectivity index (χ1) is 9.13. The van der Waals surface area contributed by atoms with E-state index < -0.39 is 0 Å². The highest BCUT2D eigenvalue weighted by Crippen LogP contribution is 2.32. The molecular formula is C19H23. The fourth-order valence-electron chi connectivity index (χ4n) is 2.40. The number of hydrogen-bond acceptors (Lipinski definition) is 0. The smallest absolute Gasteiger partial charge is 0.0149 e. The van der Waals surface area contributed by atoms with E-state index in [0.717, 1.165) is 6.42 Å². The van der Waals surface area contributed by atoms with Crippen LogP contribution in [0.25, 0.3) is 11.1 Å². The molecule has 0 heterocycles. The van der Waals surface area contributed by atoms with E-state index in [0.29, 0.717) is 11.8 Å². The Bertz CT molecular complexity index is 537. The zero-order valence-electron chi connectivity index (χ0n) is 12.4. The molecule has 0 saturated carbocycles. The van der Waals surface area contributed by atoms with Crippen molar-refractivity contribution in [3.05, 3.63) is 59.7 Å². The van der Waals surface area contributed by atoms with Crippen LogP contribution in [0.4, 0.5) is 0 Å². The molecule has 2 rings (SSSR count). The minimum Gasteiger partial charge on any atom is -0.0648 e. The molecule has 0 aliphatic rings. The lowest BCUT2D eigenvalue weighted by Gasteiger charge is -2.16. The Hall–Kier alpha value is -1.56. The second kappa shape index (κ2) is 6.06. The number of rotatable bonds is 4. The SMILES string of the molecule is CCC(C)c1c[c]ccc1-c1cccc(C(C)C)c1. The van der Waals surface area contributed by atoms with Crippen molar-refractivity contribution < 1.29 is 0 Å². The summed E-state index contributed by atoms with van der Waals surface area (Å²) < 4.78 is 0. The first-order valence-electron chi connectivity index (χ1n) is 7.23. The van der Waals surface area contributed by atoms with Gasteiger partial charge in [-0.25, -0.2) is 0 Å². The number of hydrogen-bond donors (Lipinski definition) is 0. The number of benzene rings is 2. The third kappa shape index (κ3) is 3.07. The van der Waals surface area contributed by atoms with Gasteiger partial charge in [0.2, 0.25) is 0 Å². The predicted octanol–water partition coefficient (Wildman–Crippen LogP) is 5.79. The standard InChI is InChI=1S/C19H23/c1-5-15(4)18-11-6-7-12-19(18)17-10-8-9-16(13-17)14(2)3/h7-15H,5H2,1-4H3. The van der Waals surface area contributed by atoms with E-state index in [4.69, 9.17) is 0 Å². The highest BCUT2D eigenvalue weighted by molar-refractivity contribution is 5.68. The van der Waals surface area contributed by atoms with Crippen molar-refractivity contribution in [3.63, 3.8) is 0 Å². The average molecular weight is 251 g/mol. The van der Waals surface area contributed by atoms with Crippen LogP contribution >= 0.6 is 0 Å². The Morgan fingerprint density at radius 2 is 1.89 bits per heavy atom. The quantitative estimate of drug-likeness (QED) is 0.645. The zero-order valence-corrected chi connectivity index (χ0v) is 12.4. The van der Waals surface area contributed by atoms with Gasteiger partial charge in [0, 0.05) is 0 Å². The van der Waals surface area contributed by atoms with Crippen molar-refractivity contribution in [2.24, 2.45) is 0 Å². The second-order valence-electron chi connectivity index (χ2n) is 5.60. The molecule has 1 atom stereocenters. The van der Waals surface area contributed by atoms with Gasteiger partial charge in [0.25, 0.3) is 0 Å². The van der Waals surface area contributed by atoms with Crippen LogP contribution in [-0.2, 0) is 0 Å². The van der Waals surface area contributed by atoms with Gasteiger partial charge in [-0.1, -0.05) is 70.2 Å². The Morgan fingerprint density at radius 3 is 2.58 bits per heavy atom. The lowest BCUT2D eigenvalue weighted by Crippen LogP contribution is -1.96. The maximum atomic E-state index is 3.22. The molecule has 0 aromatic heterocycles. The summed E-state index contributed by atoms with van der Waals surface area (Å²) in [5.41, 5.74) is 5.50. The molecule has 0 spiro atoms. The van der Waals surface area contributed by atoms with Crippen LogP contribution in [0.1, 0.15) is 57.1 Å². The topological polar surface area (TPSA) is 0 Å². The lowest BCUT2D eigenvalue weighted by atomic mass is 9.89. The minimum atomic E-state index is 0.572. The molecule has 2 aromatic carbocycles. The minimum absolute atomic E-state index is 0.572. The fourth-order valence-corrected chi connectivity index (χ4v) is 2.40. The van der Waals surface area contributed by atoms with Crippen molar-refractivity contribution in [3.8, 4) is 11.1 Å². The van der Waals surface area contributed by atoms with Crippen molar-refractivity contribution in [1.29, 1.82) is 0 Å². The molecule has 0 saturated heterocycles. The summed E-state index contributed by atoms with van der Waals surface area (Å²) in [4.78, 5) is 0. The van der Waals surface area contributed by atoms with E-state index in [-0.39, 0.29) is 0 Å². The van der Waals surface area contributed by atoms with Gasteiger partial charge in [0.15, 0.2) is 0 Å². The van der Waals surface area contributed by atoms with Crippen LogP contribution in [0, 0.1) is 6.07 Å². The van der Waals surface area contributed by atoms with Gasteiger partial charge in [-0.3, -0.25) is 0 Å². The maximum Gasteiger partial charge on any atom is -0.0149 e. The van der Waals surface area contributed by atoms with Crippen molar-refractivity contribution >= 4 is 0 Å². The van der Waals surface area contributed by atoms with Gasteiger partial charge in [-0.2, -0.15) is 0 Å². The molecular weight excluding hydrogens is 228 g/mol. The van der Waals surface area contributed by atoms with E-state index in [2.05, 4.69) is 70.2 Å². The monoisotopic (exact) mass is 251 g/mol. The third-order valence-electron chi connectivity index (χ3n) is 3.90. The first-order valence-corrected chi connectivity index (χ1v) is 7.23. The Kier molecular flexibility index (Phi) is 4.42. The molecule has 2 aromatic rings. The molecule has 1 radical (unpaired) electrons. The molecule has 19 heavy (non-hydrogen) atoms. The average Bonchev–Trinajstić information content (AvgIpc) is 2.46. The largest absolute Gasteiger partial charge is 0.0648 e. The molecule has 0 amide bonds. The molecule has 0 heteroatoms. The van der Waals surface area contributed by atoms with E-state index in [1.165, 1.54) is 22.3 Å². The molecule has 99 valence electrons. The van der Waals surface area contributed by atoms with Crippen LogP contribution in [0.2, 0.25) is 0 Å². The van der Waals surface area contributed by atoms with Crippen LogP contribution in [0.15, 0.2) is 42.5 Å². The summed E-state index contributed by atoms with van der Waals surface area (Å²) in [5.74, 6) is 1.15. The summed E-state index contributed by atoms with van der Waals surface area (Å²) in [6.07, 6.45) is 1.16. The van der Waals surface area contributed by atoms with Crippen LogP contribution in [0.3, 0.4) is 0 Å². The fraction of sp³-hybridized carbons (Fsp3) is 0.368. The molecule has 0 bridgehead atoms. The van der Waals surface area contributed by atoms with Crippen LogP contribution in [0.5, 0.6) is 0 Å². The van der Waals surface area contributed by atoms with Crippen LogP contribution < -0.4 is 0 Å². The molecule has 0 nitrogen and oxygen atoms in total. The van der Waals surface area contributed by atoms with Gasteiger partial charge in [-0.05, 0) is 46.6 Å². The Balaban J connectivity index is 2.50. The highest BCUT2D eigenvalue weighted by atomic mass is 14.1.